The third-order valence-electron chi connectivity index (χ3n) is 4.84. The summed E-state index contributed by atoms with van der Waals surface area (Å²) in [5.74, 6) is 2.59. The number of aromatic nitrogens is 1. The Morgan fingerprint density at radius 2 is 2.10 bits per heavy atom. The van der Waals surface area contributed by atoms with Crippen LogP contribution in [0.3, 0.4) is 0 Å². The Balaban J connectivity index is 0.00000341. The van der Waals surface area contributed by atoms with Gasteiger partial charge in [0.2, 0.25) is 0 Å². The van der Waals surface area contributed by atoms with Crippen LogP contribution in [0.5, 0.6) is 5.75 Å². The van der Waals surface area contributed by atoms with Crippen molar-refractivity contribution >= 4 is 35.8 Å². The second kappa shape index (κ2) is 12.7. The lowest BCUT2D eigenvalue weighted by Gasteiger charge is -2.17. The lowest BCUT2D eigenvalue weighted by atomic mass is 10.1. The van der Waals surface area contributed by atoms with Crippen molar-refractivity contribution in [1.29, 1.82) is 0 Å². The highest BCUT2D eigenvalue weighted by molar-refractivity contribution is 14.0. The van der Waals surface area contributed by atoms with E-state index in [0.717, 1.165) is 48.4 Å². The molecule has 0 amide bonds. The normalized spacial score (nSPS) is 15.9. The Morgan fingerprint density at radius 3 is 2.81 bits per heavy atom. The van der Waals surface area contributed by atoms with Gasteiger partial charge in [-0.15, -0.1) is 24.0 Å². The zero-order valence-corrected chi connectivity index (χ0v) is 21.2. The molecule has 0 spiro atoms. The maximum Gasteiger partial charge on any atom is 0.191 e. The topological polar surface area (TPSA) is 71.0 Å². The molecule has 2 N–H and O–H groups in total. The van der Waals surface area contributed by atoms with Gasteiger partial charge in [-0.25, -0.2) is 9.98 Å². The van der Waals surface area contributed by atoms with Crippen LogP contribution in [0.1, 0.15) is 30.2 Å². The summed E-state index contributed by atoms with van der Waals surface area (Å²) in [6.45, 7) is 7.47. The molecule has 0 aliphatic carbocycles. The van der Waals surface area contributed by atoms with E-state index in [1.54, 1.807) is 0 Å². The van der Waals surface area contributed by atoms with Gasteiger partial charge >= 0.3 is 0 Å². The molecule has 0 bridgehead atoms. The highest BCUT2D eigenvalue weighted by atomic mass is 127. The van der Waals surface area contributed by atoms with Crippen LogP contribution in [0.2, 0.25) is 0 Å². The van der Waals surface area contributed by atoms with E-state index in [9.17, 15) is 0 Å². The molecule has 7 nitrogen and oxygen atoms in total. The number of ether oxygens (including phenoxy) is 2. The van der Waals surface area contributed by atoms with Crippen molar-refractivity contribution in [2.24, 2.45) is 4.99 Å². The maximum atomic E-state index is 6.19. The number of nitrogens with one attached hydrogen (secondary N) is 2. The highest BCUT2D eigenvalue weighted by Crippen LogP contribution is 2.24. The molecule has 1 unspecified atom stereocenters. The molecular formula is C23H34IN5O2. The summed E-state index contributed by atoms with van der Waals surface area (Å²) >= 11 is 0. The maximum absolute atomic E-state index is 6.19. The van der Waals surface area contributed by atoms with Crippen molar-refractivity contribution in [3.8, 4) is 5.75 Å². The van der Waals surface area contributed by atoms with Gasteiger partial charge < -0.3 is 25.0 Å². The number of hydrogen-bond donors (Lipinski definition) is 2. The van der Waals surface area contributed by atoms with Crippen LogP contribution in [-0.2, 0) is 17.8 Å². The van der Waals surface area contributed by atoms with Crippen LogP contribution in [0.4, 0.5) is 5.82 Å². The monoisotopic (exact) mass is 539 g/mol. The highest BCUT2D eigenvalue weighted by Gasteiger charge is 2.18. The number of benzene rings is 1. The zero-order valence-electron chi connectivity index (χ0n) is 18.9. The molecule has 2 aromatic rings. The van der Waals surface area contributed by atoms with Gasteiger partial charge in [0.15, 0.2) is 5.96 Å². The first-order valence-corrected chi connectivity index (χ1v) is 10.5. The number of nitrogens with zero attached hydrogens (tertiary/aromatic N) is 3. The molecule has 1 aliphatic rings. The Labute approximate surface area is 202 Å². The molecular weight excluding hydrogens is 505 g/mol. The SMILES string of the molecule is CCNC(=NCc1ccc(C)cc1OC1CCOC1)NCc1cccc(N(C)C)n1.I. The molecule has 1 fully saturated rings. The molecule has 1 aromatic heterocycles. The average molecular weight is 539 g/mol. The van der Waals surface area contributed by atoms with E-state index >= 15 is 0 Å². The van der Waals surface area contributed by atoms with Crippen molar-refractivity contribution < 1.29 is 9.47 Å². The van der Waals surface area contributed by atoms with Gasteiger partial charge in [0.25, 0.3) is 0 Å². The van der Waals surface area contributed by atoms with Crippen LogP contribution >= 0.6 is 24.0 Å². The summed E-state index contributed by atoms with van der Waals surface area (Å²) in [4.78, 5) is 11.4. The van der Waals surface area contributed by atoms with E-state index in [-0.39, 0.29) is 30.1 Å². The van der Waals surface area contributed by atoms with Crippen LogP contribution < -0.4 is 20.3 Å². The minimum absolute atomic E-state index is 0. The lowest BCUT2D eigenvalue weighted by molar-refractivity contribution is 0.140. The minimum atomic E-state index is 0. The number of pyridine rings is 1. The summed E-state index contributed by atoms with van der Waals surface area (Å²) in [5, 5.41) is 6.68. The fraction of sp³-hybridized carbons (Fsp3) is 0.478. The molecule has 1 saturated heterocycles. The van der Waals surface area contributed by atoms with Gasteiger partial charge in [0.1, 0.15) is 17.7 Å². The molecule has 0 radical (unpaired) electrons. The average Bonchev–Trinajstić information content (AvgIpc) is 3.24. The summed E-state index contributed by atoms with van der Waals surface area (Å²) in [6, 6.07) is 12.3. The predicted molar refractivity (Wildman–Crippen MR) is 137 cm³/mol. The van der Waals surface area contributed by atoms with E-state index < -0.39 is 0 Å². The number of halogens is 1. The van der Waals surface area contributed by atoms with E-state index in [4.69, 9.17) is 14.5 Å². The number of aliphatic imine (C=N–C) groups is 1. The Bertz CT molecular complexity index is 854. The van der Waals surface area contributed by atoms with Gasteiger partial charge in [-0.1, -0.05) is 18.2 Å². The number of guanidine groups is 1. The summed E-state index contributed by atoms with van der Waals surface area (Å²) in [5.41, 5.74) is 3.21. The van der Waals surface area contributed by atoms with Crippen molar-refractivity contribution in [3.05, 3.63) is 53.2 Å². The third-order valence-corrected chi connectivity index (χ3v) is 4.84. The summed E-state index contributed by atoms with van der Waals surface area (Å²) < 4.78 is 11.6. The van der Waals surface area contributed by atoms with Crippen molar-refractivity contribution in [2.45, 2.75) is 39.5 Å². The van der Waals surface area contributed by atoms with Crippen molar-refractivity contribution in [2.75, 3.05) is 38.8 Å². The molecule has 3 rings (SSSR count). The zero-order chi connectivity index (χ0) is 21.3. The van der Waals surface area contributed by atoms with Gasteiger partial charge in [-0.05, 0) is 37.6 Å². The van der Waals surface area contributed by atoms with Crippen LogP contribution in [0, 0.1) is 6.92 Å². The van der Waals surface area contributed by atoms with Crippen LogP contribution in [0.25, 0.3) is 0 Å². The fourth-order valence-corrected chi connectivity index (χ4v) is 3.18. The van der Waals surface area contributed by atoms with Gasteiger partial charge in [-0.3, -0.25) is 0 Å². The number of rotatable bonds is 8. The Morgan fingerprint density at radius 1 is 1.26 bits per heavy atom. The molecule has 170 valence electrons. The minimum Gasteiger partial charge on any atom is -0.488 e. The number of anilines is 1. The van der Waals surface area contributed by atoms with E-state index in [0.29, 0.717) is 19.7 Å². The van der Waals surface area contributed by atoms with E-state index in [1.165, 1.54) is 5.56 Å². The van der Waals surface area contributed by atoms with Gasteiger partial charge in [-0.2, -0.15) is 0 Å². The standard InChI is InChI=1S/C23H33N5O2.HI/c1-5-24-23(26-15-19-7-6-8-22(27-19)28(3)4)25-14-18-10-9-17(2)13-21(18)30-20-11-12-29-16-20;/h6-10,13,20H,5,11-12,14-16H2,1-4H3,(H2,24,25,26);1H. The molecule has 0 saturated carbocycles. The predicted octanol–water partition coefficient (Wildman–Crippen LogP) is 3.50. The molecule has 8 heteroatoms. The summed E-state index contributed by atoms with van der Waals surface area (Å²) in [7, 11) is 3.98. The third kappa shape index (κ3) is 7.84. The largest absolute Gasteiger partial charge is 0.488 e. The van der Waals surface area contributed by atoms with E-state index in [2.05, 4.69) is 47.7 Å². The molecule has 1 aliphatic heterocycles. The summed E-state index contributed by atoms with van der Waals surface area (Å²) in [6.07, 6.45) is 1.05. The first-order chi connectivity index (χ1) is 14.5. The first-order valence-electron chi connectivity index (χ1n) is 10.5. The molecule has 2 heterocycles. The van der Waals surface area contributed by atoms with Crippen LogP contribution in [0.15, 0.2) is 41.4 Å². The van der Waals surface area contributed by atoms with E-state index in [1.807, 2.05) is 37.2 Å². The molecule has 1 aromatic carbocycles. The Hall–Kier alpha value is -2.07. The molecule has 31 heavy (non-hydrogen) atoms. The van der Waals surface area contributed by atoms with Gasteiger partial charge in [0, 0.05) is 32.6 Å². The first kappa shape index (κ1) is 25.2. The quantitative estimate of drug-likeness (QED) is 0.304. The number of aryl methyl sites for hydroxylation is 1. The second-order valence-electron chi connectivity index (χ2n) is 7.64. The lowest BCUT2D eigenvalue weighted by Crippen LogP contribution is -2.37. The Kier molecular flexibility index (Phi) is 10.3. The van der Waals surface area contributed by atoms with Crippen molar-refractivity contribution in [3.63, 3.8) is 0 Å². The van der Waals surface area contributed by atoms with Gasteiger partial charge in [0.05, 0.1) is 32.0 Å². The molecule has 1 atom stereocenters. The fourth-order valence-electron chi connectivity index (χ4n) is 3.18. The van der Waals surface area contributed by atoms with Crippen molar-refractivity contribution in [1.82, 2.24) is 15.6 Å². The van der Waals surface area contributed by atoms with Crippen LogP contribution in [-0.4, -0.2) is 50.9 Å². The number of hydrogen-bond acceptors (Lipinski definition) is 5. The second-order valence-corrected chi connectivity index (χ2v) is 7.64. The smallest absolute Gasteiger partial charge is 0.191 e.